The topological polar surface area (TPSA) is 56.6 Å². The van der Waals surface area contributed by atoms with Gasteiger partial charge in [-0.05, 0) is 65.2 Å². The molecule has 0 saturated carbocycles. The summed E-state index contributed by atoms with van der Waals surface area (Å²) in [6.45, 7) is 2.06. The molecule has 3 aromatic carbocycles. The van der Waals surface area contributed by atoms with Gasteiger partial charge in [0.15, 0.2) is 11.5 Å². The molecule has 0 radical (unpaired) electrons. The van der Waals surface area contributed by atoms with Gasteiger partial charge in [0.2, 0.25) is 5.91 Å². The van der Waals surface area contributed by atoms with Crippen molar-refractivity contribution in [3.63, 3.8) is 0 Å². The van der Waals surface area contributed by atoms with Crippen LogP contribution in [0.4, 0.5) is 5.69 Å². The molecule has 0 spiro atoms. The summed E-state index contributed by atoms with van der Waals surface area (Å²) in [7, 11) is 1.65. The van der Waals surface area contributed by atoms with E-state index in [9.17, 15) is 4.79 Å². The van der Waals surface area contributed by atoms with Gasteiger partial charge >= 0.3 is 0 Å². The van der Waals surface area contributed by atoms with Gasteiger partial charge in [-0.2, -0.15) is 0 Å². The Morgan fingerprint density at radius 1 is 0.971 bits per heavy atom. The van der Waals surface area contributed by atoms with Crippen LogP contribution in [0.1, 0.15) is 31.0 Å². The number of hydrogen-bond acceptors (Lipinski definition) is 4. The average Bonchev–Trinajstić information content (AvgIpc) is 3.45. The van der Waals surface area contributed by atoms with Crippen LogP contribution >= 0.6 is 15.9 Å². The molecule has 1 amide bonds. The number of imidazole rings is 1. The normalized spacial score (nSPS) is 15.7. The minimum absolute atomic E-state index is 0.0480. The van der Waals surface area contributed by atoms with Gasteiger partial charge in [0, 0.05) is 29.9 Å². The van der Waals surface area contributed by atoms with Gasteiger partial charge in [0.05, 0.1) is 30.4 Å². The van der Waals surface area contributed by atoms with E-state index in [2.05, 4.69) is 26.6 Å². The van der Waals surface area contributed by atoms with Gasteiger partial charge in [-0.15, -0.1) is 0 Å². The SMILES string of the molecule is COc1ccccc1OCCCCn1c(C2CC(=O)N(c3ccccc3Br)C2)nc2ccccc21. The van der Waals surface area contributed by atoms with Crippen LogP contribution in [0.5, 0.6) is 11.5 Å². The number of carbonyl (C=O) groups excluding carboxylic acids is 1. The molecule has 6 nitrogen and oxygen atoms in total. The number of nitrogens with zero attached hydrogens (tertiary/aromatic N) is 3. The van der Waals surface area contributed by atoms with E-state index in [4.69, 9.17) is 14.5 Å². The van der Waals surface area contributed by atoms with Crippen LogP contribution in [0.2, 0.25) is 0 Å². The smallest absolute Gasteiger partial charge is 0.227 e. The molecule has 1 saturated heterocycles. The number of unbranched alkanes of at least 4 members (excludes halogenated alkanes) is 1. The highest BCUT2D eigenvalue weighted by molar-refractivity contribution is 9.10. The first kappa shape index (κ1) is 23.4. The Morgan fingerprint density at radius 2 is 1.71 bits per heavy atom. The lowest BCUT2D eigenvalue weighted by Gasteiger charge is -2.19. The number of amides is 1. The highest BCUT2D eigenvalue weighted by Crippen LogP contribution is 2.36. The molecule has 2 heterocycles. The van der Waals surface area contributed by atoms with E-state index < -0.39 is 0 Å². The zero-order valence-electron chi connectivity index (χ0n) is 19.7. The zero-order valence-corrected chi connectivity index (χ0v) is 21.3. The third-order valence-corrected chi connectivity index (χ3v) is 7.09. The second-order valence-electron chi connectivity index (χ2n) is 8.67. The summed E-state index contributed by atoms with van der Waals surface area (Å²) in [6.07, 6.45) is 2.30. The summed E-state index contributed by atoms with van der Waals surface area (Å²) in [5.41, 5.74) is 3.00. The maximum absolute atomic E-state index is 13.0. The van der Waals surface area contributed by atoms with Crippen molar-refractivity contribution in [3.8, 4) is 11.5 Å². The van der Waals surface area contributed by atoms with Crippen molar-refractivity contribution < 1.29 is 14.3 Å². The molecule has 180 valence electrons. The quantitative estimate of drug-likeness (QED) is 0.241. The van der Waals surface area contributed by atoms with Crippen molar-refractivity contribution in [1.82, 2.24) is 9.55 Å². The lowest BCUT2D eigenvalue weighted by molar-refractivity contribution is -0.117. The first-order valence-electron chi connectivity index (χ1n) is 11.9. The number of halogens is 1. The average molecular weight is 534 g/mol. The molecule has 0 bridgehead atoms. The van der Waals surface area contributed by atoms with Crippen LogP contribution in [0.25, 0.3) is 11.0 Å². The van der Waals surface area contributed by atoms with Gasteiger partial charge in [-0.25, -0.2) is 4.98 Å². The van der Waals surface area contributed by atoms with Crippen molar-refractivity contribution in [2.24, 2.45) is 0 Å². The summed E-state index contributed by atoms with van der Waals surface area (Å²) in [5.74, 6) is 2.67. The number of para-hydroxylation sites is 5. The fourth-order valence-electron chi connectivity index (χ4n) is 4.72. The highest BCUT2D eigenvalue weighted by Gasteiger charge is 2.35. The van der Waals surface area contributed by atoms with E-state index in [0.29, 0.717) is 19.6 Å². The Balaban J connectivity index is 1.30. The monoisotopic (exact) mass is 533 g/mol. The lowest BCUT2D eigenvalue weighted by Crippen LogP contribution is -2.25. The van der Waals surface area contributed by atoms with E-state index in [0.717, 1.165) is 57.9 Å². The van der Waals surface area contributed by atoms with Crippen LogP contribution in [0, 0.1) is 0 Å². The number of rotatable bonds is 9. The van der Waals surface area contributed by atoms with Crippen LogP contribution in [0.15, 0.2) is 77.3 Å². The van der Waals surface area contributed by atoms with Crippen LogP contribution in [-0.2, 0) is 11.3 Å². The molecule has 7 heteroatoms. The van der Waals surface area contributed by atoms with Crippen LogP contribution in [0.3, 0.4) is 0 Å². The van der Waals surface area contributed by atoms with Crippen molar-refractivity contribution in [2.45, 2.75) is 31.7 Å². The zero-order chi connectivity index (χ0) is 24.2. The van der Waals surface area contributed by atoms with Crippen molar-refractivity contribution in [2.75, 3.05) is 25.2 Å². The van der Waals surface area contributed by atoms with Crippen molar-refractivity contribution >= 4 is 38.6 Å². The van der Waals surface area contributed by atoms with Crippen molar-refractivity contribution in [1.29, 1.82) is 0 Å². The number of aromatic nitrogens is 2. The number of ether oxygens (including phenoxy) is 2. The highest BCUT2D eigenvalue weighted by atomic mass is 79.9. The number of benzene rings is 3. The Labute approximate surface area is 213 Å². The van der Waals surface area contributed by atoms with E-state index >= 15 is 0 Å². The molecule has 5 rings (SSSR count). The fourth-order valence-corrected chi connectivity index (χ4v) is 5.22. The number of methoxy groups -OCH3 is 1. The first-order valence-corrected chi connectivity index (χ1v) is 12.7. The molecule has 35 heavy (non-hydrogen) atoms. The molecule has 1 aliphatic heterocycles. The van der Waals surface area contributed by atoms with Gasteiger partial charge in [0.1, 0.15) is 5.82 Å². The maximum Gasteiger partial charge on any atom is 0.227 e. The number of hydrogen-bond donors (Lipinski definition) is 0. The fraction of sp³-hybridized carbons (Fsp3) is 0.286. The second kappa shape index (κ2) is 10.5. The van der Waals surface area contributed by atoms with Gasteiger partial charge < -0.3 is 18.9 Å². The molecule has 1 fully saturated rings. The van der Waals surface area contributed by atoms with Crippen molar-refractivity contribution in [3.05, 3.63) is 83.1 Å². The Morgan fingerprint density at radius 3 is 2.54 bits per heavy atom. The number of carbonyl (C=O) groups is 1. The minimum Gasteiger partial charge on any atom is -0.493 e. The molecular weight excluding hydrogens is 506 g/mol. The Kier molecular flexibility index (Phi) is 7.04. The predicted molar refractivity (Wildman–Crippen MR) is 141 cm³/mol. The first-order chi connectivity index (χ1) is 17.2. The Bertz CT molecular complexity index is 1340. The Hall–Kier alpha value is -3.32. The molecule has 1 aliphatic rings. The van der Waals surface area contributed by atoms with E-state index in [-0.39, 0.29) is 11.8 Å². The summed E-state index contributed by atoms with van der Waals surface area (Å²) in [4.78, 5) is 19.8. The summed E-state index contributed by atoms with van der Waals surface area (Å²) < 4.78 is 14.5. The van der Waals surface area contributed by atoms with Gasteiger partial charge in [-0.3, -0.25) is 4.79 Å². The molecule has 1 unspecified atom stereocenters. The third kappa shape index (κ3) is 4.91. The summed E-state index contributed by atoms with van der Waals surface area (Å²) in [5, 5.41) is 0. The third-order valence-electron chi connectivity index (χ3n) is 6.42. The predicted octanol–water partition coefficient (Wildman–Crippen LogP) is 6.19. The lowest BCUT2D eigenvalue weighted by atomic mass is 10.1. The number of fused-ring (bicyclic) bond motifs is 1. The van der Waals surface area contributed by atoms with E-state index in [1.807, 2.05) is 71.6 Å². The maximum atomic E-state index is 13.0. The minimum atomic E-state index is 0.0480. The molecule has 0 aliphatic carbocycles. The molecule has 4 aromatic rings. The van der Waals surface area contributed by atoms with Gasteiger partial charge in [0.25, 0.3) is 0 Å². The van der Waals surface area contributed by atoms with E-state index in [1.54, 1.807) is 7.11 Å². The second-order valence-corrected chi connectivity index (χ2v) is 9.53. The molecular formula is C28H28BrN3O3. The summed E-state index contributed by atoms with van der Waals surface area (Å²) in [6, 6.07) is 23.8. The molecule has 0 N–H and O–H groups in total. The van der Waals surface area contributed by atoms with E-state index in [1.165, 1.54) is 0 Å². The number of anilines is 1. The standard InChI is InChI=1S/C28H28BrN3O3/c1-34-25-14-6-7-15-26(25)35-17-9-8-16-31-24-13-5-3-11-22(24)30-28(31)20-18-27(33)32(19-20)23-12-4-2-10-21(23)29/h2-7,10-15,20H,8-9,16-19H2,1H3. The largest absolute Gasteiger partial charge is 0.493 e. The molecule has 1 atom stereocenters. The van der Waals surface area contributed by atoms with Crippen LogP contribution < -0.4 is 14.4 Å². The number of aryl methyl sites for hydroxylation is 1. The van der Waals surface area contributed by atoms with Crippen LogP contribution in [-0.4, -0.2) is 35.7 Å². The van der Waals surface area contributed by atoms with Gasteiger partial charge in [-0.1, -0.05) is 36.4 Å². The summed E-state index contributed by atoms with van der Waals surface area (Å²) >= 11 is 3.59. The molecule has 1 aromatic heterocycles.